The Morgan fingerprint density at radius 3 is 2.19 bits per heavy atom. The van der Waals surface area contributed by atoms with Gasteiger partial charge in [0.05, 0.1) is 7.11 Å². The van der Waals surface area contributed by atoms with Crippen LogP contribution in [0.4, 0.5) is 13.2 Å². The third kappa shape index (κ3) is 2.74. The number of hydrogen-bond acceptors (Lipinski definition) is 2. The molecule has 2 aromatic carbocycles. The number of benzene rings is 2. The molecule has 0 aliphatic rings. The standard InChI is InChI=1S/C16H15F3O2/c1-8-4-5-10(16(21-3)9(8)2)15(20)11-6-13(18)14(19)7-12(11)17/h4-7,15,20H,1-3H3. The molecule has 112 valence electrons. The largest absolute Gasteiger partial charge is 0.496 e. The fraction of sp³-hybridized carbons (Fsp3) is 0.250. The molecule has 0 heterocycles. The zero-order valence-electron chi connectivity index (χ0n) is 11.9. The summed E-state index contributed by atoms with van der Waals surface area (Å²) in [5, 5.41) is 10.3. The summed E-state index contributed by atoms with van der Waals surface area (Å²) >= 11 is 0. The number of hydrogen-bond donors (Lipinski definition) is 1. The van der Waals surface area contributed by atoms with Gasteiger partial charge in [0.15, 0.2) is 11.6 Å². The lowest BCUT2D eigenvalue weighted by atomic mass is 9.96. The Morgan fingerprint density at radius 2 is 1.57 bits per heavy atom. The van der Waals surface area contributed by atoms with Gasteiger partial charge in [-0.2, -0.15) is 0 Å². The van der Waals surface area contributed by atoms with E-state index < -0.39 is 23.6 Å². The van der Waals surface area contributed by atoms with Crippen LogP contribution in [0.5, 0.6) is 5.75 Å². The fourth-order valence-electron chi connectivity index (χ4n) is 2.21. The number of aryl methyl sites for hydroxylation is 1. The second kappa shape index (κ2) is 5.77. The van der Waals surface area contributed by atoms with Crippen LogP contribution in [0.2, 0.25) is 0 Å². The molecule has 21 heavy (non-hydrogen) atoms. The van der Waals surface area contributed by atoms with Crippen molar-refractivity contribution in [2.45, 2.75) is 20.0 Å². The summed E-state index contributed by atoms with van der Waals surface area (Å²) in [7, 11) is 1.43. The third-order valence-corrected chi connectivity index (χ3v) is 3.54. The van der Waals surface area contributed by atoms with Crippen LogP contribution < -0.4 is 4.74 Å². The molecular formula is C16H15F3O2. The number of aliphatic hydroxyl groups is 1. The first-order chi connectivity index (χ1) is 9.86. The number of ether oxygens (including phenoxy) is 1. The van der Waals surface area contributed by atoms with Crippen LogP contribution in [-0.2, 0) is 0 Å². The Bertz CT molecular complexity index is 684. The van der Waals surface area contributed by atoms with Crippen LogP contribution in [0.15, 0.2) is 24.3 Å². The Morgan fingerprint density at radius 1 is 0.952 bits per heavy atom. The van der Waals surface area contributed by atoms with Crippen LogP contribution in [0.3, 0.4) is 0 Å². The van der Waals surface area contributed by atoms with Gasteiger partial charge >= 0.3 is 0 Å². The maximum absolute atomic E-state index is 13.8. The van der Waals surface area contributed by atoms with Crippen molar-refractivity contribution in [1.29, 1.82) is 0 Å². The maximum atomic E-state index is 13.8. The summed E-state index contributed by atoms with van der Waals surface area (Å²) in [4.78, 5) is 0. The highest BCUT2D eigenvalue weighted by molar-refractivity contribution is 5.49. The van der Waals surface area contributed by atoms with Gasteiger partial charge in [0.1, 0.15) is 17.7 Å². The Kier molecular flexibility index (Phi) is 4.23. The number of aliphatic hydroxyl groups excluding tert-OH is 1. The van der Waals surface area contributed by atoms with E-state index in [1.165, 1.54) is 7.11 Å². The summed E-state index contributed by atoms with van der Waals surface area (Å²) in [6.07, 6.45) is -1.45. The molecule has 0 spiro atoms. The molecule has 0 amide bonds. The maximum Gasteiger partial charge on any atom is 0.161 e. The van der Waals surface area contributed by atoms with Gasteiger partial charge in [0.25, 0.3) is 0 Å². The van der Waals surface area contributed by atoms with Gasteiger partial charge in [0, 0.05) is 17.2 Å². The molecule has 5 heteroatoms. The first-order valence-electron chi connectivity index (χ1n) is 6.33. The molecular weight excluding hydrogens is 281 g/mol. The SMILES string of the molecule is COc1c(C(O)c2cc(F)c(F)cc2F)ccc(C)c1C. The fourth-order valence-corrected chi connectivity index (χ4v) is 2.21. The predicted octanol–water partition coefficient (Wildman–Crippen LogP) is 3.81. The van der Waals surface area contributed by atoms with Crippen molar-refractivity contribution in [2.24, 2.45) is 0 Å². The second-order valence-electron chi connectivity index (χ2n) is 4.82. The first kappa shape index (κ1) is 15.4. The summed E-state index contributed by atoms with van der Waals surface area (Å²) < 4.78 is 45.3. The van der Waals surface area contributed by atoms with E-state index in [4.69, 9.17) is 4.74 Å². The minimum absolute atomic E-state index is 0.297. The smallest absolute Gasteiger partial charge is 0.161 e. The van der Waals surface area contributed by atoms with Gasteiger partial charge in [-0.15, -0.1) is 0 Å². The average molecular weight is 296 g/mol. The molecule has 0 aromatic heterocycles. The van der Waals surface area contributed by atoms with Crippen molar-refractivity contribution in [3.63, 3.8) is 0 Å². The molecule has 0 saturated heterocycles. The van der Waals surface area contributed by atoms with Crippen molar-refractivity contribution in [3.8, 4) is 5.75 Å². The third-order valence-electron chi connectivity index (χ3n) is 3.54. The zero-order valence-corrected chi connectivity index (χ0v) is 11.9. The number of rotatable bonds is 3. The van der Waals surface area contributed by atoms with Crippen LogP contribution >= 0.6 is 0 Å². The predicted molar refractivity (Wildman–Crippen MR) is 72.8 cm³/mol. The molecule has 2 aromatic rings. The van der Waals surface area contributed by atoms with Crippen molar-refractivity contribution in [3.05, 3.63) is 64.0 Å². The van der Waals surface area contributed by atoms with Crippen LogP contribution in [0, 0.1) is 31.3 Å². The average Bonchev–Trinajstić information content (AvgIpc) is 2.45. The van der Waals surface area contributed by atoms with Gasteiger partial charge < -0.3 is 9.84 Å². The van der Waals surface area contributed by atoms with E-state index in [0.717, 1.165) is 11.1 Å². The molecule has 0 aliphatic carbocycles. The molecule has 0 radical (unpaired) electrons. The van der Waals surface area contributed by atoms with Crippen molar-refractivity contribution in [2.75, 3.05) is 7.11 Å². The number of halogens is 3. The first-order valence-corrected chi connectivity index (χ1v) is 6.33. The Hall–Kier alpha value is -2.01. The van der Waals surface area contributed by atoms with Gasteiger partial charge in [-0.25, -0.2) is 13.2 Å². The van der Waals surface area contributed by atoms with E-state index in [9.17, 15) is 18.3 Å². The minimum Gasteiger partial charge on any atom is -0.496 e. The molecule has 0 bridgehead atoms. The second-order valence-corrected chi connectivity index (χ2v) is 4.82. The van der Waals surface area contributed by atoms with E-state index >= 15 is 0 Å². The molecule has 1 N–H and O–H groups in total. The van der Waals surface area contributed by atoms with E-state index in [1.807, 2.05) is 6.92 Å². The normalized spacial score (nSPS) is 12.3. The molecule has 0 saturated carbocycles. The topological polar surface area (TPSA) is 29.5 Å². The van der Waals surface area contributed by atoms with Gasteiger partial charge in [0.2, 0.25) is 0 Å². The van der Waals surface area contributed by atoms with Crippen molar-refractivity contribution < 1.29 is 23.0 Å². The molecule has 0 aliphatic heterocycles. The summed E-state index contributed by atoms with van der Waals surface area (Å²) in [6.45, 7) is 3.66. The summed E-state index contributed by atoms with van der Waals surface area (Å²) in [5.41, 5.74) is 1.69. The lowest BCUT2D eigenvalue weighted by Crippen LogP contribution is -2.07. The van der Waals surface area contributed by atoms with Gasteiger partial charge in [-0.1, -0.05) is 12.1 Å². The highest BCUT2D eigenvalue weighted by atomic mass is 19.2. The molecule has 0 fully saturated rings. The lowest BCUT2D eigenvalue weighted by Gasteiger charge is -2.19. The Labute approximate surface area is 120 Å². The molecule has 2 nitrogen and oxygen atoms in total. The highest BCUT2D eigenvalue weighted by Gasteiger charge is 2.22. The van der Waals surface area contributed by atoms with Gasteiger partial charge in [-0.3, -0.25) is 0 Å². The Balaban J connectivity index is 2.57. The molecule has 1 unspecified atom stereocenters. The summed E-state index contributed by atoms with van der Waals surface area (Å²) in [5.74, 6) is -3.13. The van der Waals surface area contributed by atoms with E-state index in [0.29, 0.717) is 23.4 Å². The quantitative estimate of drug-likeness (QED) is 0.873. The lowest BCUT2D eigenvalue weighted by molar-refractivity contribution is 0.208. The van der Waals surface area contributed by atoms with Gasteiger partial charge in [-0.05, 0) is 31.0 Å². The monoisotopic (exact) mass is 296 g/mol. The minimum atomic E-state index is -1.45. The van der Waals surface area contributed by atoms with Crippen LogP contribution in [0.25, 0.3) is 0 Å². The molecule has 2 rings (SSSR count). The van der Waals surface area contributed by atoms with Crippen LogP contribution in [-0.4, -0.2) is 12.2 Å². The van der Waals surface area contributed by atoms with E-state index in [2.05, 4.69) is 0 Å². The van der Waals surface area contributed by atoms with E-state index in [1.54, 1.807) is 19.1 Å². The van der Waals surface area contributed by atoms with Crippen molar-refractivity contribution >= 4 is 0 Å². The van der Waals surface area contributed by atoms with E-state index in [-0.39, 0.29) is 5.56 Å². The number of methoxy groups -OCH3 is 1. The van der Waals surface area contributed by atoms with Crippen molar-refractivity contribution in [1.82, 2.24) is 0 Å². The van der Waals surface area contributed by atoms with Crippen LogP contribution in [0.1, 0.15) is 28.4 Å². The zero-order chi connectivity index (χ0) is 15.7. The molecule has 1 atom stereocenters. The summed E-state index contributed by atoms with van der Waals surface area (Å²) in [6, 6.07) is 4.39. The highest BCUT2D eigenvalue weighted by Crippen LogP contribution is 2.35.